The Bertz CT molecular complexity index is 932. The number of hydrogen-bond acceptors (Lipinski definition) is 6. The molecular formula is C16H16BrN3O5. The zero-order valence-electron chi connectivity index (χ0n) is 13.4. The minimum absolute atomic E-state index is 0.238. The molecule has 0 atom stereocenters. The molecule has 2 rings (SSSR count). The van der Waals surface area contributed by atoms with Gasteiger partial charge in [0.2, 0.25) is 5.78 Å². The van der Waals surface area contributed by atoms with Crippen molar-refractivity contribution in [3.63, 3.8) is 0 Å². The molecule has 0 aliphatic carbocycles. The molecule has 0 radical (unpaired) electrons. The second-order valence-electron chi connectivity index (χ2n) is 5.15. The van der Waals surface area contributed by atoms with Crippen LogP contribution in [0.5, 0.6) is 0 Å². The van der Waals surface area contributed by atoms with Gasteiger partial charge in [-0.15, -0.1) is 0 Å². The Hall–Kier alpha value is -2.68. The van der Waals surface area contributed by atoms with E-state index in [2.05, 4.69) is 15.9 Å². The van der Waals surface area contributed by atoms with Crippen LogP contribution in [0.1, 0.15) is 34.1 Å². The summed E-state index contributed by atoms with van der Waals surface area (Å²) >= 11 is 3.21. The SMILES string of the molecule is CCCn1c(N)c(C(=O)COC(=O)c2ccccc2Br)c(=O)[nH]c1=O. The maximum absolute atomic E-state index is 12.3. The molecule has 0 spiro atoms. The van der Waals surface area contributed by atoms with E-state index in [0.29, 0.717) is 10.9 Å². The van der Waals surface area contributed by atoms with Crippen molar-refractivity contribution < 1.29 is 14.3 Å². The average Bonchev–Trinajstić information content (AvgIpc) is 2.56. The normalized spacial score (nSPS) is 10.5. The van der Waals surface area contributed by atoms with E-state index >= 15 is 0 Å². The Kier molecular flexibility index (Phi) is 5.92. The number of anilines is 1. The first-order valence-corrected chi connectivity index (χ1v) is 8.23. The Balaban J connectivity index is 2.23. The molecule has 0 saturated carbocycles. The van der Waals surface area contributed by atoms with Gasteiger partial charge in [-0.3, -0.25) is 19.1 Å². The Labute approximate surface area is 150 Å². The average molecular weight is 410 g/mol. The molecule has 0 aliphatic heterocycles. The Morgan fingerprint density at radius 2 is 1.96 bits per heavy atom. The molecule has 2 aromatic rings. The number of benzene rings is 1. The predicted octanol–water partition coefficient (Wildman–Crippen LogP) is 1.33. The number of nitrogens with one attached hydrogen (secondary N) is 1. The van der Waals surface area contributed by atoms with Gasteiger partial charge in [-0.1, -0.05) is 19.1 Å². The Morgan fingerprint density at radius 1 is 1.28 bits per heavy atom. The third kappa shape index (κ3) is 4.05. The molecule has 132 valence electrons. The van der Waals surface area contributed by atoms with Crippen molar-refractivity contribution in [1.29, 1.82) is 0 Å². The van der Waals surface area contributed by atoms with Gasteiger partial charge in [0.1, 0.15) is 11.4 Å². The molecule has 0 amide bonds. The molecule has 25 heavy (non-hydrogen) atoms. The van der Waals surface area contributed by atoms with Crippen LogP contribution in [0, 0.1) is 0 Å². The zero-order valence-corrected chi connectivity index (χ0v) is 15.0. The number of ketones is 1. The summed E-state index contributed by atoms with van der Waals surface area (Å²) in [6, 6.07) is 6.55. The maximum atomic E-state index is 12.3. The molecule has 0 fully saturated rings. The van der Waals surface area contributed by atoms with Crippen molar-refractivity contribution in [2.45, 2.75) is 19.9 Å². The number of carbonyl (C=O) groups excluding carboxylic acids is 2. The molecule has 0 saturated heterocycles. The van der Waals surface area contributed by atoms with Crippen molar-refractivity contribution in [2.24, 2.45) is 0 Å². The molecule has 1 heterocycles. The van der Waals surface area contributed by atoms with E-state index in [-0.39, 0.29) is 17.9 Å². The van der Waals surface area contributed by atoms with Crippen LogP contribution in [0.15, 0.2) is 38.3 Å². The van der Waals surface area contributed by atoms with E-state index in [4.69, 9.17) is 10.5 Å². The number of hydrogen-bond donors (Lipinski definition) is 2. The quantitative estimate of drug-likeness (QED) is 0.547. The molecule has 0 bridgehead atoms. The van der Waals surface area contributed by atoms with Crippen LogP contribution in [-0.4, -0.2) is 27.9 Å². The second-order valence-corrected chi connectivity index (χ2v) is 6.00. The third-order valence-corrected chi connectivity index (χ3v) is 4.09. The maximum Gasteiger partial charge on any atom is 0.339 e. The third-order valence-electron chi connectivity index (χ3n) is 3.39. The van der Waals surface area contributed by atoms with Gasteiger partial charge in [-0.25, -0.2) is 9.59 Å². The van der Waals surface area contributed by atoms with Gasteiger partial charge in [-0.05, 0) is 34.5 Å². The van der Waals surface area contributed by atoms with Crippen molar-refractivity contribution in [3.05, 3.63) is 60.7 Å². The lowest BCUT2D eigenvalue weighted by molar-refractivity contribution is 0.0473. The highest BCUT2D eigenvalue weighted by molar-refractivity contribution is 9.10. The minimum atomic E-state index is -0.906. The number of nitrogens with two attached hydrogens (primary N) is 1. The number of H-pyrrole nitrogens is 1. The molecular weight excluding hydrogens is 394 g/mol. The number of ether oxygens (including phenoxy) is 1. The van der Waals surface area contributed by atoms with Gasteiger partial charge in [-0.2, -0.15) is 0 Å². The summed E-state index contributed by atoms with van der Waals surface area (Å²) < 4.78 is 6.57. The van der Waals surface area contributed by atoms with E-state index in [9.17, 15) is 19.2 Å². The van der Waals surface area contributed by atoms with Gasteiger partial charge in [0.05, 0.1) is 5.56 Å². The molecule has 0 aliphatic rings. The zero-order chi connectivity index (χ0) is 18.6. The fourth-order valence-electron chi connectivity index (χ4n) is 2.21. The number of Topliss-reactive ketones (excluding diaryl/α,β-unsaturated/α-hetero) is 1. The minimum Gasteiger partial charge on any atom is -0.454 e. The largest absolute Gasteiger partial charge is 0.454 e. The van der Waals surface area contributed by atoms with E-state index in [1.165, 1.54) is 6.07 Å². The molecule has 8 nitrogen and oxygen atoms in total. The number of rotatable bonds is 6. The summed E-state index contributed by atoms with van der Waals surface area (Å²) in [4.78, 5) is 50.0. The van der Waals surface area contributed by atoms with E-state index in [1.54, 1.807) is 18.2 Å². The van der Waals surface area contributed by atoms with E-state index < -0.39 is 35.2 Å². The first-order chi connectivity index (χ1) is 11.9. The molecule has 1 aromatic carbocycles. The lowest BCUT2D eigenvalue weighted by Gasteiger charge is -2.11. The molecule has 0 unspecified atom stereocenters. The van der Waals surface area contributed by atoms with Crippen LogP contribution in [-0.2, 0) is 11.3 Å². The van der Waals surface area contributed by atoms with Crippen molar-refractivity contribution in [3.8, 4) is 0 Å². The summed E-state index contributed by atoms with van der Waals surface area (Å²) in [5.41, 5.74) is 4.04. The highest BCUT2D eigenvalue weighted by atomic mass is 79.9. The highest BCUT2D eigenvalue weighted by Gasteiger charge is 2.21. The molecule has 3 N–H and O–H groups in total. The van der Waals surface area contributed by atoms with E-state index in [1.807, 2.05) is 11.9 Å². The standard InChI is InChI=1S/C16H16BrN3O5/c1-2-7-20-13(18)12(14(22)19-16(20)24)11(21)8-25-15(23)9-5-3-4-6-10(9)17/h3-6H,2,7-8,18H2,1H3,(H,19,22,24). The van der Waals surface area contributed by atoms with Gasteiger partial charge in [0.25, 0.3) is 5.56 Å². The number of aromatic nitrogens is 2. The summed E-state index contributed by atoms with van der Waals surface area (Å²) in [7, 11) is 0. The number of nitrogens with zero attached hydrogens (tertiary/aromatic N) is 1. The van der Waals surface area contributed by atoms with Crippen molar-refractivity contribution in [2.75, 3.05) is 12.3 Å². The smallest absolute Gasteiger partial charge is 0.339 e. The van der Waals surface area contributed by atoms with Crippen LogP contribution < -0.4 is 17.0 Å². The van der Waals surface area contributed by atoms with Gasteiger partial charge < -0.3 is 10.5 Å². The predicted molar refractivity (Wildman–Crippen MR) is 94.8 cm³/mol. The summed E-state index contributed by atoms with van der Waals surface area (Å²) in [6.45, 7) is 1.40. The first-order valence-electron chi connectivity index (χ1n) is 7.44. The van der Waals surface area contributed by atoms with Crippen molar-refractivity contribution >= 4 is 33.5 Å². The van der Waals surface area contributed by atoms with Crippen LogP contribution in [0.2, 0.25) is 0 Å². The topological polar surface area (TPSA) is 124 Å². The number of carbonyl (C=O) groups is 2. The molecule has 9 heteroatoms. The van der Waals surface area contributed by atoms with Crippen LogP contribution in [0.3, 0.4) is 0 Å². The van der Waals surface area contributed by atoms with Crippen LogP contribution in [0.4, 0.5) is 5.82 Å². The fraction of sp³-hybridized carbons (Fsp3) is 0.250. The van der Waals surface area contributed by atoms with Gasteiger partial charge in [0.15, 0.2) is 6.61 Å². The summed E-state index contributed by atoms with van der Waals surface area (Å²) in [5, 5.41) is 0. The number of nitrogen functional groups attached to an aromatic ring is 1. The lowest BCUT2D eigenvalue weighted by atomic mass is 10.2. The lowest BCUT2D eigenvalue weighted by Crippen LogP contribution is -2.37. The highest BCUT2D eigenvalue weighted by Crippen LogP contribution is 2.17. The number of esters is 1. The number of aromatic amines is 1. The second kappa shape index (κ2) is 7.93. The van der Waals surface area contributed by atoms with E-state index in [0.717, 1.165) is 4.57 Å². The van der Waals surface area contributed by atoms with Gasteiger partial charge in [0, 0.05) is 11.0 Å². The number of halogens is 1. The summed E-state index contributed by atoms with van der Waals surface area (Å²) in [6.07, 6.45) is 0.584. The van der Waals surface area contributed by atoms with Crippen LogP contribution >= 0.6 is 15.9 Å². The first kappa shape index (κ1) is 18.7. The fourth-order valence-corrected chi connectivity index (χ4v) is 2.66. The van der Waals surface area contributed by atoms with Crippen LogP contribution in [0.25, 0.3) is 0 Å². The molecule has 1 aromatic heterocycles. The monoisotopic (exact) mass is 409 g/mol. The Morgan fingerprint density at radius 3 is 2.60 bits per heavy atom. The summed E-state index contributed by atoms with van der Waals surface area (Å²) in [5.74, 6) is -1.75. The van der Waals surface area contributed by atoms with Gasteiger partial charge >= 0.3 is 11.7 Å². The van der Waals surface area contributed by atoms with Crippen molar-refractivity contribution in [1.82, 2.24) is 9.55 Å².